The van der Waals surface area contributed by atoms with Crippen molar-refractivity contribution in [1.82, 2.24) is 15.0 Å². The standard InChI is InChI=1S/C21H30N4O3/c1-14-10-25(11-15(2)27-14)12-18-8-6-7-9-20(18)22-21(26)24(5)13-19-16(3)23-28-17(19)4/h6-9,14-15H,10-13H2,1-5H3,(H,22,26). The van der Waals surface area contributed by atoms with E-state index in [-0.39, 0.29) is 18.2 Å². The molecule has 0 radical (unpaired) electrons. The maximum atomic E-state index is 12.7. The number of para-hydroxylation sites is 1. The summed E-state index contributed by atoms with van der Waals surface area (Å²) in [6.45, 7) is 10.9. The van der Waals surface area contributed by atoms with Gasteiger partial charge in [-0.15, -0.1) is 0 Å². The van der Waals surface area contributed by atoms with Gasteiger partial charge in [-0.05, 0) is 39.3 Å². The zero-order chi connectivity index (χ0) is 20.3. The van der Waals surface area contributed by atoms with Crippen molar-refractivity contribution in [3.05, 3.63) is 46.8 Å². The van der Waals surface area contributed by atoms with E-state index in [4.69, 9.17) is 9.26 Å². The lowest BCUT2D eigenvalue weighted by molar-refractivity contribution is -0.0704. The number of nitrogens with one attached hydrogen (secondary N) is 1. The van der Waals surface area contributed by atoms with Crippen molar-refractivity contribution in [3.8, 4) is 0 Å². The molecule has 152 valence electrons. The molecule has 0 saturated carbocycles. The third kappa shape index (κ3) is 4.91. The number of carbonyl (C=O) groups excluding carboxylic acids is 1. The number of rotatable bonds is 5. The highest BCUT2D eigenvalue weighted by Gasteiger charge is 2.23. The highest BCUT2D eigenvalue weighted by atomic mass is 16.5. The summed E-state index contributed by atoms with van der Waals surface area (Å²) >= 11 is 0. The lowest BCUT2D eigenvalue weighted by atomic mass is 10.1. The van der Waals surface area contributed by atoms with E-state index in [1.54, 1.807) is 11.9 Å². The van der Waals surface area contributed by atoms with E-state index < -0.39 is 0 Å². The Bertz CT molecular complexity index is 790. The van der Waals surface area contributed by atoms with Crippen molar-refractivity contribution in [2.24, 2.45) is 0 Å². The van der Waals surface area contributed by atoms with Crippen LogP contribution in [0, 0.1) is 13.8 Å². The Morgan fingerprint density at radius 3 is 2.57 bits per heavy atom. The lowest BCUT2D eigenvalue weighted by Crippen LogP contribution is -2.45. The van der Waals surface area contributed by atoms with Crippen LogP contribution in [-0.2, 0) is 17.8 Å². The molecule has 1 N–H and O–H groups in total. The molecule has 28 heavy (non-hydrogen) atoms. The SMILES string of the molecule is Cc1noc(C)c1CN(C)C(=O)Nc1ccccc1CN1CC(C)OC(C)C1. The van der Waals surface area contributed by atoms with Crippen molar-refractivity contribution in [3.63, 3.8) is 0 Å². The van der Waals surface area contributed by atoms with Gasteiger partial charge in [0.25, 0.3) is 0 Å². The Morgan fingerprint density at radius 1 is 1.25 bits per heavy atom. The second-order valence-electron chi connectivity index (χ2n) is 7.70. The van der Waals surface area contributed by atoms with Crippen LogP contribution in [0.4, 0.5) is 10.5 Å². The van der Waals surface area contributed by atoms with Gasteiger partial charge in [0.2, 0.25) is 0 Å². The molecule has 0 bridgehead atoms. The van der Waals surface area contributed by atoms with Gasteiger partial charge in [0.15, 0.2) is 0 Å². The number of hydrogen-bond acceptors (Lipinski definition) is 5. The van der Waals surface area contributed by atoms with Crippen LogP contribution in [0.1, 0.15) is 36.4 Å². The van der Waals surface area contributed by atoms with E-state index in [0.717, 1.165) is 47.9 Å². The number of aromatic nitrogens is 1. The van der Waals surface area contributed by atoms with E-state index in [1.807, 2.05) is 32.0 Å². The highest BCUT2D eigenvalue weighted by molar-refractivity contribution is 5.90. The van der Waals surface area contributed by atoms with Crippen molar-refractivity contribution < 1.29 is 14.1 Å². The number of carbonyl (C=O) groups is 1. The molecule has 0 spiro atoms. The summed E-state index contributed by atoms with van der Waals surface area (Å²) in [6.07, 6.45) is 0.429. The van der Waals surface area contributed by atoms with Crippen LogP contribution in [0.15, 0.2) is 28.8 Å². The molecule has 1 aliphatic rings. The molecule has 2 aromatic rings. The quantitative estimate of drug-likeness (QED) is 0.851. The molecule has 2 unspecified atom stereocenters. The monoisotopic (exact) mass is 386 g/mol. The van der Waals surface area contributed by atoms with Crippen LogP contribution >= 0.6 is 0 Å². The molecule has 1 saturated heterocycles. The van der Waals surface area contributed by atoms with Gasteiger partial charge in [0.05, 0.1) is 24.4 Å². The predicted octanol–water partition coefficient (Wildman–Crippen LogP) is 3.56. The summed E-state index contributed by atoms with van der Waals surface area (Å²) in [5, 5.41) is 7.01. The van der Waals surface area contributed by atoms with Crippen molar-refractivity contribution in [2.45, 2.75) is 53.0 Å². The summed E-state index contributed by atoms with van der Waals surface area (Å²) in [6, 6.07) is 7.80. The molecule has 1 aromatic heterocycles. The first-order chi connectivity index (χ1) is 13.3. The molecule has 2 amide bonds. The molecular formula is C21H30N4O3. The summed E-state index contributed by atoms with van der Waals surface area (Å²) < 4.78 is 11.0. The third-order valence-corrected chi connectivity index (χ3v) is 5.07. The number of aryl methyl sites for hydroxylation is 2. The summed E-state index contributed by atoms with van der Waals surface area (Å²) in [5.41, 5.74) is 3.70. The van der Waals surface area contributed by atoms with E-state index in [1.165, 1.54) is 0 Å². The number of hydrogen-bond donors (Lipinski definition) is 1. The number of ether oxygens (including phenoxy) is 1. The zero-order valence-electron chi connectivity index (χ0n) is 17.4. The zero-order valence-corrected chi connectivity index (χ0v) is 17.4. The summed E-state index contributed by atoms with van der Waals surface area (Å²) in [7, 11) is 1.77. The maximum absolute atomic E-state index is 12.7. The fourth-order valence-corrected chi connectivity index (χ4v) is 3.68. The Kier molecular flexibility index (Phi) is 6.36. The second-order valence-corrected chi connectivity index (χ2v) is 7.70. The molecule has 7 heteroatoms. The van der Waals surface area contributed by atoms with Gasteiger partial charge < -0.3 is 19.5 Å². The van der Waals surface area contributed by atoms with Gasteiger partial charge in [-0.25, -0.2) is 4.79 Å². The number of nitrogens with zero attached hydrogens (tertiary/aromatic N) is 3. The van der Waals surface area contributed by atoms with Gasteiger partial charge in [-0.2, -0.15) is 0 Å². The molecular weight excluding hydrogens is 356 g/mol. The van der Waals surface area contributed by atoms with Gasteiger partial charge in [0, 0.05) is 37.9 Å². The average Bonchev–Trinajstić information content (AvgIpc) is 2.94. The Labute approximate surface area is 166 Å². The van der Waals surface area contributed by atoms with Gasteiger partial charge in [-0.3, -0.25) is 4.90 Å². The van der Waals surface area contributed by atoms with E-state index in [9.17, 15) is 4.79 Å². The number of morpholine rings is 1. The first-order valence-corrected chi connectivity index (χ1v) is 9.73. The van der Waals surface area contributed by atoms with E-state index in [2.05, 4.69) is 35.3 Å². The fourth-order valence-electron chi connectivity index (χ4n) is 3.68. The molecule has 1 fully saturated rings. The van der Waals surface area contributed by atoms with Gasteiger partial charge in [-0.1, -0.05) is 23.4 Å². The van der Waals surface area contributed by atoms with Crippen LogP contribution in [0.5, 0.6) is 0 Å². The first kappa shape index (κ1) is 20.4. The number of urea groups is 1. The minimum Gasteiger partial charge on any atom is -0.373 e. The molecule has 0 aliphatic carbocycles. The second kappa shape index (κ2) is 8.75. The molecule has 2 heterocycles. The molecule has 2 atom stereocenters. The largest absolute Gasteiger partial charge is 0.373 e. The van der Waals surface area contributed by atoms with Crippen molar-refractivity contribution in [1.29, 1.82) is 0 Å². The average molecular weight is 386 g/mol. The van der Waals surface area contributed by atoms with Crippen molar-refractivity contribution >= 4 is 11.7 Å². The van der Waals surface area contributed by atoms with Crippen LogP contribution in [0.2, 0.25) is 0 Å². The molecule has 3 rings (SSSR count). The topological polar surface area (TPSA) is 70.8 Å². The number of amides is 2. The van der Waals surface area contributed by atoms with Crippen LogP contribution < -0.4 is 5.32 Å². The van der Waals surface area contributed by atoms with Gasteiger partial charge >= 0.3 is 6.03 Å². The van der Waals surface area contributed by atoms with Crippen molar-refractivity contribution in [2.75, 3.05) is 25.5 Å². The minimum atomic E-state index is -0.156. The molecule has 1 aliphatic heterocycles. The summed E-state index contributed by atoms with van der Waals surface area (Å²) in [4.78, 5) is 16.8. The maximum Gasteiger partial charge on any atom is 0.321 e. The minimum absolute atomic E-state index is 0.156. The molecule has 1 aromatic carbocycles. The highest BCUT2D eigenvalue weighted by Crippen LogP contribution is 2.21. The normalized spacial score (nSPS) is 20.2. The first-order valence-electron chi connectivity index (χ1n) is 9.73. The third-order valence-electron chi connectivity index (χ3n) is 5.07. The Balaban J connectivity index is 1.66. The summed E-state index contributed by atoms with van der Waals surface area (Å²) in [5.74, 6) is 0.744. The van der Waals surface area contributed by atoms with Crippen LogP contribution in [0.3, 0.4) is 0 Å². The van der Waals surface area contributed by atoms with Crippen LogP contribution in [-0.4, -0.2) is 53.3 Å². The fraction of sp³-hybridized carbons (Fsp3) is 0.524. The predicted molar refractivity (Wildman–Crippen MR) is 108 cm³/mol. The smallest absolute Gasteiger partial charge is 0.321 e. The molecule has 7 nitrogen and oxygen atoms in total. The van der Waals surface area contributed by atoms with Crippen LogP contribution in [0.25, 0.3) is 0 Å². The lowest BCUT2D eigenvalue weighted by Gasteiger charge is -2.35. The van der Waals surface area contributed by atoms with E-state index in [0.29, 0.717) is 6.54 Å². The Hall–Kier alpha value is -2.38. The van der Waals surface area contributed by atoms with Gasteiger partial charge in [0.1, 0.15) is 5.76 Å². The number of benzene rings is 1. The number of anilines is 1. The van der Waals surface area contributed by atoms with E-state index >= 15 is 0 Å². The Morgan fingerprint density at radius 2 is 1.93 bits per heavy atom.